The molecule has 0 aliphatic rings. The molecule has 88 valence electrons. The van der Waals surface area contributed by atoms with Crippen LogP contribution in [0.3, 0.4) is 0 Å². The standard InChI is InChI=1S/C11H13BrO4/c1-11(2,9(14)10(15)16)7-5-6(12)3-4-8(7)13/h3-5,9,13-14H,1-2H3,(H,15,16). The summed E-state index contributed by atoms with van der Waals surface area (Å²) in [5.74, 6) is -1.35. The average Bonchev–Trinajstić information content (AvgIpc) is 2.20. The number of hydrogen-bond acceptors (Lipinski definition) is 3. The van der Waals surface area contributed by atoms with E-state index in [1.807, 2.05) is 0 Å². The number of aromatic hydroxyl groups is 1. The number of carbonyl (C=O) groups is 1. The van der Waals surface area contributed by atoms with Gasteiger partial charge in [0.1, 0.15) is 5.75 Å². The van der Waals surface area contributed by atoms with Gasteiger partial charge in [0.2, 0.25) is 0 Å². The molecule has 0 aromatic heterocycles. The van der Waals surface area contributed by atoms with Crippen LogP contribution in [0.4, 0.5) is 0 Å². The molecule has 0 spiro atoms. The Morgan fingerprint density at radius 2 is 2.00 bits per heavy atom. The van der Waals surface area contributed by atoms with E-state index in [1.165, 1.54) is 6.07 Å². The molecule has 4 nitrogen and oxygen atoms in total. The van der Waals surface area contributed by atoms with Crippen LogP contribution in [0.1, 0.15) is 19.4 Å². The fourth-order valence-electron chi connectivity index (χ4n) is 1.48. The predicted molar refractivity (Wildman–Crippen MR) is 62.5 cm³/mol. The first-order valence-electron chi connectivity index (χ1n) is 4.66. The summed E-state index contributed by atoms with van der Waals surface area (Å²) in [4.78, 5) is 10.8. The third-order valence-electron chi connectivity index (χ3n) is 2.57. The first-order valence-corrected chi connectivity index (χ1v) is 5.46. The fourth-order valence-corrected chi connectivity index (χ4v) is 1.84. The van der Waals surface area contributed by atoms with Crippen LogP contribution in [0.2, 0.25) is 0 Å². The number of phenolic OH excluding ortho intramolecular Hbond substituents is 1. The number of hydrogen-bond donors (Lipinski definition) is 3. The summed E-state index contributed by atoms with van der Waals surface area (Å²) in [5, 5.41) is 28.1. The Morgan fingerprint density at radius 3 is 2.50 bits per heavy atom. The molecule has 3 N–H and O–H groups in total. The summed E-state index contributed by atoms with van der Waals surface area (Å²) in [6.45, 7) is 3.13. The highest BCUT2D eigenvalue weighted by Crippen LogP contribution is 2.35. The number of phenols is 1. The Balaban J connectivity index is 3.25. The maximum Gasteiger partial charge on any atom is 0.333 e. The zero-order chi connectivity index (χ0) is 12.5. The van der Waals surface area contributed by atoms with E-state index in [4.69, 9.17) is 5.11 Å². The molecule has 16 heavy (non-hydrogen) atoms. The lowest BCUT2D eigenvalue weighted by Gasteiger charge is -2.29. The zero-order valence-corrected chi connectivity index (χ0v) is 10.5. The van der Waals surface area contributed by atoms with Crippen LogP contribution in [-0.2, 0) is 10.2 Å². The van der Waals surface area contributed by atoms with Crippen LogP contribution in [0.25, 0.3) is 0 Å². The smallest absolute Gasteiger partial charge is 0.333 e. The van der Waals surface area contributed by atoms with Gasteiger partial charge in [-0.3, -0.25) is 0 Å². The van der Waals surface area contributed by atoms with Gasteiger partial charge in [0.25, 0.3) is 0 Å². The fraction of sp³-hybridized carbons (Fsp3) is 0.364. The molecule has 1 rings (SSSR count). The van der Waals surface area contributed by atoms with Gasteiger partial charge in [-0.05, 0) is 18.2 Å². The number of aliphatic carboxylic acids is 1. The topological polar surface area (TPSA) is 77.8 Å². The third-order valence-corrected chi connectivity index (χ3v) is 3.06. The number of benzene rings is 1. The van der Waals surface area contributed by atoms with Crippen LogP contribution in [-0.4, -0.2) is 27.4 Å². The molecule has 0 amide bonds. The van der Waals surface area contributed by atoms with Gasteiger partial charge in [-0.2, -0.15) is 0 Å². The van der Waals surface area contributed by atoms with Crippen molar-refractivity contribution in [3.05, 3.63) is 28.2 Å². The first-order chi connectivity index (χ1) is 7.26. The second-order valence-corrected chi connectivity index (χ2v) is 5.04. The number of halogens is 1. The van der Waals surface area contributed by atoms with E-state index in [-0.39, 0.29) is 5.75 Å². The largest absolute Gasteiger partial charge is 0.508 e. The Hall–Kier alpha value is -1.07. The molecule has 1 aromatic carbocycles. The molecule has 5 heteroatoms. The van der Waals surface area contributed by atoms with Crippen molar-refractivity contribution in [1.82, 2.24) is 0 Å². The number of aliphatic hydroxyl groups is 1. The van der Waals surface area contributed by atoms with Gasteiger partial charge in [0.05, 0.1) is 0 Å². The molecule has 0 aliphatic heterocycles. The van der Waals surface area contributed by atoms with Crippen molar-refractivity contribution in [2.24, 2.45) is 0 Å². The van der Waals surface area contributed by atoms with E-state index < -0.39 is 17.5 Å². The van der Waals surface area contributed by atoms with Crippen molar-refractivity contribution in [1.29, 1.82) is 0 Å². The van der Waals surface area contributed by atoms with E-state index in [0.29, 0.717) is 10.0 Å². The number of carboxylic acid groups (broad SMARTS) is 1. The molecule has 0 aliphatic carbocycles. The Morgan fingerprint density at radius 1 is 1.44 bits per heavy atom. The molecule has 0 heterocycles. The van der Waals surface area contributed by atoms with Crippen LogP contribution in [0.15, 0.2) is 22.7 Å². The minimum atomic E-state index is -1.58. The van der Waals surface area contributed by atoms with Crippen molar-refractivity contribution in [2.45, 2.75) is 25.4 Å². The van der Waals surface area contributed by atoms with Crippen LogP contribution >= 0.6 is 15.9 Å². The van der Waals surface area contributed by atoms with E-state index in [2.05, 4.69) is 15.9 Å². The highest BCUT2D eigenvalue weighted by Gasteiger charge is 2.37. The quantitative estimate of drug-likeness (QED) is 0.794. The molecule has 1 unspecified atom stereocenters. The normalized spacial score (nSPS) is 13.5. The lowest BCUT2D eigenvalue weighted by Crippen LogP contribution is -2.39. The molecular formula is C11H13BrO4. The Labute approximate surface area is 102 Å². The van der Waals surface area contributed by atoms with E-state index >= 15 is 0 Å². The van der Waals surface area contributed by atoms with Gasteiger partial charge in [-0.1, -0.05) is 29.8 Å². The molecule has 0 saturated heterocycles. The number of rotatable bonds is 3. The number of carboxylic acids is 1. The lowest BCUT2D eigenvalue weighted by molar-refractivity contribution is -0.150. The van der Waals surface area contributed by atoms with Crippen LogP contribution < -0.4 is 0 Å². The minimum Gasteiger partial charge on any atom is -0.508 e. The second-order valence-electron chi connectivity index (χ2n) is 4.12. The van der Waals surface area contributed by atoms with Crippen molar-refractivity contribution in [3.63, 3.8) is 0 Å². The highest BCUT2D eigenvalue weighted by molar-refractivity contribution is 9.10. The Bertz CT molecular complexity index is 414. The van der Waals surface area contributed by atoms with Crippen molar-refractivity contribution in [3.8, 4) is 5.75 Å². The molecule has 1 atom stereocenters. The van der Waals surface area contributed by atoms with Gasteiger partial charge in [0.15, 0.2) is 6.10 Å². The van der Waals surface area contributed by atoms with Crippen LogP contribution in [0.5, 0.6) is 5.75 Å². The molecule has 0 bridgehead atoms. The maximum absolute atomic E-state index is 10.8. The second kappa shape index (κ2) is 4.43. The summed E-state index contributed by atoms with van der Waals surface area (Å²) in [6, 6.07) is 4.69. The van der Waals surface area contributed by atoms with Gasteiger partial charge in [-0.25, -0.2) is 4.79 Å². The highest BCUT2D eigenvalue weighted by atomic mass is 79.9. The average molecular weight is 289 g/mol. The van der Waals surface area contributed by atoms with E-state index in [9.17, 15) is 15.0 Å². The van der Waals surface area contributed by atoms with E-state index in [1.54, 1.807) is 26.0 Å². The summed E-state index contributed by atoms with van der Waals surface area (Å²) < 4.78 is 0.714. The van der Waals surface area contributed by atoms with Crippen LogP contribution in [0, 0.1) is 0 Å². The SMILES string of the molecule is CC(C)(c1cc(Br)ccc1O)C(O)C(=O)O. The van der Waals surface area contributed by atoms with Gasteiger partial charge in [-0.15, -0.1) is 0 Å². The summed E-state index contributed by atoms with van der Waals surface area (Å²) in [7, 11) is 0. The van der Waals surface area contributed by atoms with Gasteiger partial charge in [0, 0.05) is 15.5 Å². The lowest BCUT2D eigenvalue weighted by atomic mass is 9.79. The third kappa shape index (κ3) is 2.36. The van der Waals surface area contributed by atoms with Crippen molar-refractivity contribution < 1.29 is 20.1 Å². The van der Waals surface area contributed by atoms with Gasteiger partial charge < -0.3 is 15.3 Å². The molecule has 0 saturated carbocycles. The minimum absolute atomic E-state index is 0.0338. The summed E-state index contributed by atoms with van der Waals surface area (Å²) >= 11 is 3.23. The van der Waals surface area contributed by atoms with E-state index in [0.717, 1.165) is 0 Å². The first kappa shape index (κ1) is 13.0. The maximum atomic E-state index is 10.8. The molecule has 1 aromatic rings. The molecular weight excluding hydrogens is 276 g/mol. The Kier molecular flexibility index (Phi) is 3.60. The summed E-state index contributed by atoms with van der Waals surface area (Å²) in [6.07, 6.45) is -1.58. The zero-order valence-electron chi connectivity index (χ0n) is 8.94. The number of aliphatic hydroxyl groups excluding tert-OH is 1. The van der Waals surface area contributed by atoms with Gasteiger partial charge >= 0.3 is 5.97 Å². The van der Waals surface area contributed by atoms with Crippen molar-refractivity contribution >= 4 is 21.9 Å². The molecule has 0 radical (unpaired) electrons. The van der Waals surface area contributed by atoms with Crippen molar-refractivity contribution in [2.75, 3.05) is 0 Å². The summed E-state index contributed by atoms with van der Waals surface area (Å²) in [5.41, 5.74) is -0.684. The monoisotopic (exact) mass is 288 g/mol. The predicted octanol–water partition coefficient (Wildman–Crippen LogP) is 1.88. The molecule has 0 fully saturated rings.